The van der Waals surface area contributed by atoms with Crippen molar-refractivity contribution in [3.05, 3.63) is 70.8 Å². The van der Waals surface area contributed by atoms with Crippen molar-refractivity contribution in [3.8, 4) is 0 Å². The maximum Gasteiger partial charge on any atom is 0.256 e. The molecule has 136 valence electrons. The molecular weight excluding hydrogens is 338 g/mol. The second-order valence-electron chi connectivity index (χ2n) is 6.53. The van der Waals surface area contributed by atoms with E-state index in [1.807, 2.05) is 25.1 Å². The van der Waals surface area contributed by atoms with E-state index in [0.29, 0.717) is 37.6 Å². The molecule has 0 aromatic heterocycles. The van der Waals surface area contributed by atoms with Crippen LogP contribution in [0.15, 0.2) is 42.5 Å². The van der Waals surface area contributed by atoms with E-state index in [2.05, 4.69) is 5.32 Å². The SMILES string of the molecule is Cc1cccc(C(=O)NC2CCN(C(=O)c3ccc(F)cc3F)CC2)c1. The molecule has 2 amide bonds. The third-order valence-electron chi connectivity index (χ3n) is 4.56. The van der Waals surface area contributed by atoms with Crippen molar-refractivity contribution < 1.29 is 18.4 Å². The molecule has 1 N–H and O–H groups in total. The molecule has 1 aliphatic rings. The van der Waals surface area contributed by atoms with Crippen LogP contribution in [0.1, 0.15) is 39.1 Å². The highest BCUT2D eigenvalue weighted by molar-refractivity contribution is 5.95. The summed E-state index contributed by atoms with van der Waals surface area (Å²) in [4.78, 5) is 26.2. The Bertz CT molecular complexity index is 830. The van der Waals surface area contributed by atoms with Crippen molar-refractivity contribution in [2.75, 3.05) is 13.1 Å². The number of carbonyl (C=O) groups excluding carboxylic acids is 2. The maximum absolute atomic E-state index is 13.8. The van der Waals surface area contributed by atoms with Crippen LogP contribution in [-0.4, -0.2) is 35.8 Å². The number of carbonyl (C=O) groups is 2. The van der Waals surface area contributed by atoms with E-state index in [1.54, 1.807) is 6.07 Å². The number of hydrogen-bond donors (Lipinski definition) is 1. The molecule has 0 saturated carbocycles. The molecule has 6 heteroatoms. The van der Waals surface area contributed by atoms with Gasteiger partial charge in [0.25, 0.3) is 11.8 Å². The molecular formula is C20H20F2N2O2. The summed E-state index contributed by atoms with van der Waals surface area (Å²) in [5, 5.41) is 2.98. The molecule has 2 aromatic rings. The average molecular weight is 358 g/mol. The number of hydrogen-bond acceptors (Lipinski definition) is 2. The summed E-state index contributed by atoms with van der Waals surface area (Å²) < 4.78 is 26.8. The lowest BCUT2D eigenvalue weighted by atomic mass is 10.0. The Hall–Kier alpha value is -2.76. The van der Waals surface area contributed by atoms with E-state index < -0.39 is 17.5 Å². The van der Waals surface area contributed by atoms with Crippen molar-refractivity contribution in [2.45, 2.75) is 25.8 Å². The summed E-state index contributed by atoms with van der Waals surface area (Å²) in [6, 6.07) is 10.3. The predicted molar refractivity (Wildman–Crippen MR) is 93.9 cm³/mol. The summed E-state index contributed by atoms with van der Waals surface area (Å²) in [7, 11) is 0. The van der Waals surface area contributed by atoms with Crippen molar-refractivity contribution in [3.63, 3.8) is 0 Å². The quantitative estimate of drug-likeness (QED) is 0.915. The normalized spacial score (nSPS) is 15.0. The minimum absolute atomic E-state index is 0.0369. The first-order valence-electron chi connectivity index (χ1n) is 8.56. The number of nitrogens with one attached hydrogen (secondary N) is 1. The number of benzene rings is 2. The molecule has 26 heavy (non-hydrogen) atoms. The van der Waals surface area contributed by atoms with Gasteiger partial charge in [0.2, 0.25) is 0 Å². The number of amides is 2. The van der Waals surface area contributed by atoms with Gasteiger partial charge in [-0.15, -0.1) is 0 Å². The average Bonchev–Trinajstić information content (AvgIpc) is 2.62. The van der Waals surface area contributed by atoms with Crippen LogP contribution in [0.3, 0.4) is 0 Å². The molecule has 0 atom stereocenters. The molecule has 2 aromatic carbocycles. The second kappa shape index (κ2) is 7.64. The zero-order valence-corrected chi connectivity index (χ0v) is 14.5. The molecule has 0 unspecified atom stereocenters. The smallest absolute Gasteiger partial charge is 0.256 e. The third-order valence-corrected chi connectivity index (χ3v) is 4.56. The molecule has 1 heterocycles. The Morgan fingerprint density at radius 2 is 1.81 bits per heavy atom. The lowest BCUT2D eigenvalue weighted by molar-refractivity contribution is 0.0693. The molecule has 0 radical (unpaired) electrons. The van der Waals surface area contributed by atoms with Crippen LogP contribution < -0.4 is 5.32 Å². The van der Waals surface area contributed by atoms with Gasteiger partial charge in [0.15, 0.2) is 0 Å². The van der Waals surface area contributed by atoms with Gasteiger partial charge < -0.3 is 10.2 Å². The molecule has 3 rings (SSSR count). The minimum Gasteiger partial charge on any atom is -0.349 e. The van der Waals surface area contributed by atoms with Gasteiger partial charge in [-0.05, 0) is 44.0 Å². The monoisotopic (exact) mass is 358 g/mol. The zero-order chi connectivity index (χ0) is 18.7. The topological polar surface area (TPSA) is 49.4 Å². The van der Waals surface area contributed by atoms with Crippen molar-refractivity contribution >= 4 is 11.8 Å². The molecule has 1 fully saturated rings. The first-order chi connectivity index (χ1) is 12.4. The van der Waals surface area contributed by atoms with Gasteiger partial charge in [0, 0.05) is 30.8 Å². The highest BCUT2D eigenvalue weighted by Gasteiger charge is 2.26. The number of halogens is 2. The fraction of sp³-hybridized carbons (Fsp3) is 0.300. The Morgan fingerprint density at radius 3 is 2.46 bits per heavy atom. The van der Waals surface area contributed by atoms with Crippen LogP contribution in [0, 0.1) is 18.6 Å². The Balaban J connectivity index is 1.57. The highest BCUT2D eigenvalue weighted by Crippen LogP contribution is 2.17. The third kappa shape index (κ3) is 4.07. The summed E-state index contributed by atoms with van der Waals surface area (Å²) in [6.45, 7) is 2.75. The molecule has 0 spiro atoms. The predicted octanol–water partition coefficient (Wildman–Crippen LogP) is 3.31. The van der Waals surface area contributed by atoms with Crippen LogP contribution >= 0.6 is 0 Å². The summed E-state index contributed by atoms with van der Waals surface area (Å²) in [5.74, 6) is -2.16. The van der Waals surface area contributed by atoms with E-state index in [4.69, 9.17) is 0 Å². The van der Waals surface area contributed by atoms with Crippen molar-refractivity contribution in [1.29, 1.82) is 0 Å². The van der Waals surface area contributed by atoms with Crippen LogP contribution in [0.4, 0.5) is 8.78 Å². The molecule has 1 saturated heterocycles. The highest BCUT2D eigenvalue weighted by atomic mass is 19.1. The van der Waals surface area contributed by atoms with Gasteiger partial charge in [-0.3, -0.25) is 9.59 Å². The Labute approximate surface area is 150 Å². The van der Waals surface area contributed by atoms with E-state index in [9.17, 15) is 18.4 Å². The summed E-state index contributed by atoms with van der Waals surface area (Å²) in [5.41, 5.74) is 1.49. The summed E-state index contributed by atoms with van der Waals surface area (Å²) >= 11 is 0. The van der Waals surface area contributed by atoms with E-state index in [0.717, 1.165) is 11.6 Å². The zero-order valence-electron chi connectivity index (χ0n) is 14.5. The van der Waals surface area contributed by atoms with Gasteiger partial charge in [0.05, 0.1) is 5.56 Å². The number of aryl methyl sites for hydroxylation is 1. The number of nitrogens with zero attached hydrogens (tertiary/aromatic N) is 1. The number of piperidine rings is 1. The van der Waals surface area contributed by atoms with E-state index >= 15 is 0 Å². The fourth-order valence-electron chi connectivity index (χ4n) is 3.12. The fourth-order valence-corrected chi connectivity index (χ4v) is 3.12. The standard InChI is InChI=1S/C20H20F2N2O2/c1-13-3-2-4-14(11-13)19(25)23-16-7-9-24(10-8-16)20(26)17-6-5-15(21)12-18(17)22/h2-6,11-12,16H,7-10H2,1H3,(H,23,25). The summed E-state index contributed by atoms with van der Waals surface area (Å²) in [6.07, 6.45) is 1.18. The van der Waals surface area contributed by atoms with Gasteiger partial charge in [-0.25, -0.2) is 8.78 Å². The van der Waals surface area contributed by atoms with Crippen LogP contribution in [0.5, 0.6) is 0 Å². The number of likely N-dealkylation sites (tertiary alicyclic amines) is 1. The van der Waals surface area contributed by atoms with Crippen molar-refractivity contribution in [1.82, 2.24) is 10.2 Å². The lowest BCUT2D eigenvalue weighted by Crippen LogP contribution is -2.46. The van der Waals surface area contributed by atoms with Gasteiger partial charge in [-0.1, -0.05) is 17.7 Å². The van der Waals surface area contributed by atoms with Crippen LogP contribution in [0.2, 0.25) is 0 Å². The molecule has 0 aliphatic carbocycles. The first kappa shape index (κ1) is 18.0. The molecule has 4 nitrogen and oxygen atoms in total. The van der Waals surface area contributed by atoms with Gasteiger partial charge >= 0.3 is 0 Å². The van der Waals surface area contributed by atoms with Crippen molar-refractivity contribution in [2.24, 2.45) is 0 Å². The second-order valence-corrected chi connectivity index (χ2v) is 6.53. The number of rotatable bonds is 3. The van der Waals surface area contributed by atoms with Crippen LogP contribution in [0.25, 0.3) is 0 Å². The molecule has 1 aliphatic heterocycles. The Morgan fingerprint density at radius 1 is 1.08 bits per heavy atom. The lowest BCUT2D eigenvalue weighted by Gasteiger charge is -2.32. The largest absolute Gasteiger partial charge is 0.349 e. The van der Waals surface area contributed by atoms with Crippen LogP contribution in [-0.2, 0) is 0 Å². The molecule has 0 bridgehead atoms. The van der Waals surface area contributed by atoms with Gasteiger partial charge in [-0.2, -0.15) is 0 Å². The van der Waals surface area contributed by atoms with E-state index in [-0.39, 0.29) is 17.5 Å². The maximum atomic E-state index is 13.8. The first-order valence-corrected chi connectivity index (χ1v) is 8.56. The minimum atomic E-state index is -0.857. The van der Waals surface area contributed by atoms with Gasteiger partial charge in [0.1, 0.15) is 11.6 Å². The van der Waals surface area contributed by atoms with E-state index in [1.165, 1.54) is 11.0 Å². The Kier molecular flexibility index (Phi) is 5.30.